The third-order valence-electron chi connectivity index (χ3n) is 0.243. The highest BCUT2D eigenvalue weighted by Gasteiger charge is 2.29. The minimum atomic E-state index is -2.17. The van der Waals surface area contributed by atoms with Gasteiger partial charge in [0.05, 0.1) is 0 Å². The van der Waals surface area contributed by atoms with E-state index in [1.54, 1.807) is 0 Å². The van der Waals surface area contributed by atoms with Gasteiger partial charge in [0.1, 0.15) is 0 Å². The zero-order valence-corrected chi connectivity index (χ0v) is 5.26. The number of halogens is 3. The lowest BCUT2D eigenvalue weighted by molar-refractivity contribution is -0.135. The lowest BCUT2D eigenvalue weighted by Gasteiger charge is -1.99. The van der Waals surface area contributed by atoms with Crippen LogP contribution in [0.3, 0.4) is 0 Å². The third-order valence-corrected chi connectivity index (χ3v) is 0.728. The Morgan fingerprint density at radius 1 is 1.43 bits per heavy atom. The van der Waals surface area contributed by atoms with E-state index in [2.05, 4.69) is 0 Å². The number of carboxylic acid groups (broad SMARTS) is 1. The van der Waals surface area contributed by atoms with Crippen LogP contribution in [0.1, 0.15) is 0 Å². The molecule has 42 valence electrons. The third kappa shape index (κ3) is 2.97. The first-order chi connectivity index (χ1) is 2.94. The molecule has 0 aromatic rings. The summed E-state index contributed by atoms with van der Waals surface area (Å²) >= 11 is 14.4. The molecule has 0 aliphatic heterocycles. The number of carboxylic acids is 1. The summed E-state index contributed by atoms with van der Waals surface area (Å²) in [5.74, 6) is -1.46. The zero-order chi connectivity index (χ0) is 6.08. The molecule has 2 nitrogen and oxygen atoms in total. The second-order valence-corrected chi connectivity index (χ2v) is 3.08. The molecule has 0 unspecified atom stereocenters. The standard InChI is InChI=1S/C2HCl3O2/c3-2(4,5)1(6)7/h(H,6,7)/i1+2,2+2. The number of carbonyl (C=O) groups is 1. The van der Waals surface area contributed by atoms with Crippen LogP contribution in [0.15, 0.2) is 0 Å². The van der Waals surface area contributed by atoms with E-state index in [1.807, 2.05) is 0 Å². The molecule has 0 radical (unpaired) electrons. The van der Waals surface area contributed by atoms with E-state index in [9.17, 15) is 4.79 Å². The van der Waals surface area contributed by atoms with Crippen molar-refractivity contribution in [3.05, 3.63) is 0 Å². The van der Waals surface area contributed by atoms with Crippen molar-refractivity contribution in [1.29, 1.82) is 0 Å². The maximum atomic E-state index is 9.62. The first-order valence-electron chi connectivity index (χ1n) is 1.24. The van der Waals surface area contributed by atoms with Gasteiger partial charge in [-0.05, 0) is 0 Å². The van der Waals surface area contributed by atoms with Crippen molar-refractivity contribution in [2.75, 3.05) is 0 Å². The fourth-order valence-corrected chi connectivity index (χ4v) is 0. The molecule has 0 aromatic carbocycles. The van der Waals surface area contributed by atoms with Crippen molar-refractivity contribution in [3.8, 4) is 0 Å². The van der Waals surface area contributed by atoms with Gasteiger partial charge in [0.15, 0.2) is 0 Å². The molecule has 0 aliphatic rings. The summed E-state index contributed by atoms with van der Waals surface area (Å²) in [7, 11) is 0. The first-order valence-corrected chi connectivity index (χ1v) is 2.38. The molecule has 0 rings (SSSR count). The lowest BCUT2D eigenvalue weighted by atomic mass is 12.7. The molecule has 0 saturated carbocycles. The van der Waals surface area contributed by atoms with Gasteiger partial charge in [-0.2, -0.15) is 0 Å². The Hall–Kier alpha value is 0.340. The Bertz CT molecular complexity index is 83.4. The number of aliphatic carboxylic acids is 1. The zero-order valence-electron chi connectivity index (χ0n) is 2.99. The van der Waals surface area contributed by atoms with E-state index in [0.29, 0.717) is 0 Å². The normalized spacial score (nSPS) is 11.3. The molecule has 0 atom stereocenters. The van der Waals surface area contributed by atoms with Crippen LogP contribution in [0.25, 0.3) is 0 Å². The Balaban J connectivity index is 3.79. The quantitative estimate of drug-likeness (QED) is 0.554. The summed E-state index contributed by atoms with van der Waals surface area (Å²) in [6.07, 6.45) is 0. The van der Waals surface area contributed by atoms with Crippen molar-refractivity contribution < 1.29 is 9.90 Å². The van der Waals surface area contributed by atoms with Crippen LogP contribution >= 0.6 is 34.8 Å². The van der Waals surface area contributed by atoms with Crippen molar-refractivity contribution in [3.63, 3.8) is 0 Å². The van der Waals surface area contributed by atoms with Gasteiger partial charge in [0.2, 0.25) is 0 Å². The second kappa shape index (κ2) is 2.07. The molecule has 1 N–H and O–H groups in total. The van der Waals surface area contributed by atoms with Crippen LogP contribution in [0.4, 0.5) is 0 Å². The van der Waals surface area contributed by atoms with E-state index in [-0.39, 0.29) is 0 Å². The molecule has 7 heavy (non-hydrogen) atoms. The summed E-state index contributed by atoms with van der Waals surface area (Å²) in [6, 6.07) is 0. The van der Waals surface area contributed by atoms with E-state index in [4.69, 9.17) is 39.9 Å². The van der Waals surface area contributed by atoms with Crippen molar-refractivity contribution in [2.45, 2.75) is 3.79 Å². The summed E-state index contributed by atoms with van der Waals surface area (Å²) in [4.78, 5) is 9.62. The molecule has 0 bridgehead atoms. The predicted octanol–water partition coefficient (Wildman–Crippen LogP) is 1.44. The topological polar surface area (TPSA) is 37.3 Å². The molecule has 0 amide bonds. The smallest absolute Gasteiger partial charge is 0.356 e. The van der Waals surface area contributed by atoms with Crippen LogP contribution in [-0.4, -0.2) is 14.9 Å². The van der Waals surface area contributed by atoms with E-state index in [1.165, 1.54) is 0 Å². The second-order valence-electron chi connectivity index (χ2n) is 0.803. The highest BCUT2D eigenvalue weighted by Crippen LogP contribution is 2.25. The summed E-state index contributed by atoms with van der Waals surface area (Å²) in [5, 5.41) is 7.85. The molecule has 5 heteroatoms. The molecule has 0 fully saturated rings. The van der Waals surface area contributed by atoms with Gasteiger partial charge in [-0.15, -0.1) is 0 Å². The van der Waals surface area contributed by atoms with Crippen LogP contribution in [-0.2, 0) is 4.79 Å². The number of hydrogen-bond acceptors (Lipinski definition) is 1. The molecule has 0 aromatic heterocycles. The van der Waals surface area contributed by atoms with Gasteiger partial charge in [-0.25, -0.2) is 4.79 Å². The Kier molecular flexibility index (Phi) is 2.17. The molecular formula is C2HCl3O2. The molecule has 0 aliphatic carbocycles. The van der Waals surface area contributed by atoms with Gasteiger partial charge in [-0.3, -0.25) is 0 Å². The Morgan fingerprint density at radius 3 is 1.57 bits per heavy atom. The van der Waals surface area contributed by atoms with Crippen LogP contribution in [0.2, 0.25) is 0 Å². The fourth-order valence-electron chi connectivity index (χ4n) is 0. The van der Waals surface area contributed by atoms with Crippen LogP contribution in [0.5, 0.6) is 0 Å². The lowest BCUT2D eigenvalue weighted by Crippen LogP contribution is -2.16. The van der Waals surface area contributed by atoms with Crippen LogP contribution in [0, 0.1) is 0 Å². The monoisotopic (exact) mass is 166 g/mol. The highest BCUT2D eigenvalue weighted by atomic mass is 35.6. The van der Waals surface area contributed by atoms with Gasteiger partial charge >= 0.3 is 5.97 Å². The average molecular weight is 167 g/mol. The highest BCUT2D eigenvalue weighted by molar-refractivity contribution is 6.75. The molecule has 0 heterocycles. The van der Waals surface area contributed by atoms with Crippen molar-refractivity contribution >= 4 is 40.8 Å². The predicted molar refractivity (Wildman–Crippen MR) is 27.9 cm³/mol. The maximum absolute atomic E-state index is 9.62. The molecular weight excluding hydrogens is 166 g/mol. The van der Waals surface area contributed by atoms with Crippen molar-refractivity contribution in [2.24, 2.45) is 0 Å². The van der Waals surface area contributed by atoms with Crippen LogP contribution < -0.4 is 0 Å². The first kappa shape index (κ1) is 7.34. The maximum Gasteiger partial charge on any atom is 0.356 e. The summed E-state index contributed by atoms with van der Waals surface area (Å²) in [6.45, 7) is 0. The van der Waals surface area contributed by atoms with E-state index < -0.39 is 9.76 Å². The average Bonchev–Trinajstić information content (AvgIpc) is 1.31. The minimum Gasteiger partial charge on any atom is -0.478 e. The summed E-state index contributed by atoms with van der Waals surface area (Å²) < 4.78 is -2.17. The van der Waals surface area contributed by atoms with E-state index >= 15 is 0 Å². The van der Waals surface area contributed by atoms with Gasteiger partial charge in [0.25, 0.3) is 3.79 Å². The SMILES string of the molecule is O=[14C](O)[14C](Cl)(Cl)Cl. The van der Waals surface area contributed by atoms with Crippen molar-refractivity contribution in [1.82, 2.24) is 0 Å². The van der Waals surface area contributed by atoms with Gasteiger partial charge in [-0.1, -0.05) is 34.8 Å². The fraction of sp³-hybridized carbons (Fsp3) is 0.500. The van der Waals surface area contributed by atoms with Gasteiger partial charge < -0.3 is 5.11 Å². The number of rotatable bonds is 0. The Labute approximate surface area is 55.0 Å². The number of alkyl halides is 3. The number of hydrogen-bond donors (Lipinski definition) is 1. The summed E-state index contributed by atoms with van der Waals surface area (Å²) in [5.41, 5.74) is 0. The van der Waals surface area contributed by atoms with E-state index in [0.717, 1.165) is 0 Å². The molecule has 0 spiro atoms. The molecule has 0 saturated heterocycles. The Morgan fingerprint density at radius 2 is 1.57 bits per heavy atom. The van der Waals surface area contributed by atoms with Gasteiger partial charge in [0, 0.05) is 0 Å². The largest absolute Gasteiger partial charge is 0.478 e. The minimum absolute atomic E-state index is 1.46.